The normalized spacial score (nSPS) is 14.8. The van der Waals surface area contributed by atoms with Crippen LogP contribution in [0.25, 0.3) is 0 Å². The molecule has 4 nitrogen and oxygen atoms in total. The van der Waals surface area contributed by atoms with E-state index in [4.69, 9.17) is 10.5 Å². The standard InChI is InChI=1S/C11H16N2O2/c1-15-11(14)9-6-8-4-2-3-5-13(8)10(9)7-12/h6H,2-5,7,12H2,1H3. The maximum absolute atomic E-state index is 11.5. The van der Waals surface area contributed by atoms with Crippen molar-refractivity contribution in [1.29, 1.82) is 0 Å². The molecule has 1 aromatic rings. The average molecular weight is 208 g/mol. The summed E-state index contributed by atoms with van der Waals surface area (Å²) in [6, 6.07) is 1.92. The lowest BCUT2D eigenvalue weighted by atomic mass is 10.1. The molecule has 4 heteroatoms. The molecular weight excluding hydrogens is 192 g/mol. The van der Waals surface area contributed by atoms with E-state index in [9.17, 15) is 4.79 Å². The topological polar surface area (TPSA) is 57.2 Å². The fourth-order valence-electron chi connectivity index (χ4n) is 2.22. The largest absolute Gasteiger partial charge is 0.465 e. The van der Waals surface area contributed by atoms with Gasteiger partial charge in [0.25, 0.3) is 0 Å². The molecule has 0 amide bonds. The first-order chi connectivity index (χ1) is 7.27. The van der Waals surface area contributed by atoms with Crippen LogP contribution in [0, 0.1) is 0 Å². The molecule has 0 aliphatic carbocycles. The summed E-state index contributed by atoms with van der Waals surface area (Å²) in [5.41, 5.74) is 8.44. The molecular formula is C11H16N2O2. The van der Waals surface area contributed by atoms with E-state index >= 15 is 0 Å². The lowest BCUT2D eigenvalue weighted by Gasteiger charge is -2.17. The molecule has 0 aromatic carbocycles. The molecule has 2 heterocycles. The lowest BCUT2D eigenvalue weighted by Crippen LogP contribution is -2.16. The maximum atomic E-state index is 11.5. The maximum Gasteiger partial charge on any atom is 0.339 e. The third-order valence-electron chi connectivity index (χ3n) is 2.96. The zero-order valence-electron chi connectivity index (χ0n) is 8.95. The Hall–Kier alpha value is -1.29. The summed E-state index contributed by atoms with van der Waals surface area (Å²) in [6.45, 7) is 1.36. The summed E-state index contributed by atoms with van der Waals surface area (Å²) in [6.07, 6.45) is 3.38. The van der Waals surface area contributed by atoms with E-state index in [0.29, 0.717) is 12.1 Å². The Kier molecular flexibility index (Phi) is 2.77. The van der Waals surface area contributed by atoms with Crippen molar-refractivity contribution in [2.45, 2.75) is 32.4 Å². The molecule has 0 spiro atoms. The van der Waals surface area contributed by atoms with E-state index in [1.807, 2.05) is 6.07 Å². The van der Waals surface area contributed by atoms with Gasteiger partial charge in [-0.05, 0) is 25.3 Å². The Morgan fingerprint density at radius 2 is 2.40 bits per heavy atom. The second-order valence-electron chi connectivity index (χ2n) is 3.80. The van der Waals surface area contributed by atoms with Crippen LogP contribution in [0.15, 0.2) is 6.07 Å². The van der Waals surface area contributed by atoms with Gasteiger partial charge in [-0.1, -0.05) is 0 Å². The van der Waals surface area contributed by atoms with Crippen LogP contribution in [-0.2, 0) is 24.2 Å². The molecule has 1 aliphatic rings. The number of esters is 1. The van der Waals surface area contributed by atoms with Crippen molar-refractivity contribution in [3.05, 3.63) is 23.0 Å². The van der Waals surface area contributed by atoms with Crippen LogP contribution >= 0.6 is 0 Å². The summed E-state index contributed by atoms with van der Waals surface area (Å²) < 4.78 is 6.91. The minimum atomic E-state index is -0.280. The van der Waals surface area contributed by atoms with Gasteiger partial charge in [-0.25, -0.2) is 4.79 Å². The highest BCUT2D eigenvalue weighted by Crippen LogP contribution is 2.23. The van der Waals surface area contributed by atoms with Gasteiger partial charge in [0.15, 0.2) is 0 Å². The third-order valence-corrected chi connectivity index (χ3v) is 2.96. The van der Waals surface area contributed by atoms with Crippen molar-refractivity contribution in [1.82, 2.24) is 4.57 Å². The fourth-order valence-corrected chi connectivity index (χ4v) is 2.22. The van der Waals surface area contributed by atoms with E-state index < -0.39 is 0 Å². The van der Waals surface area contributed by atoms with Gasteiger partial charge in [0.2, 0.25) is 0 Å². The second-order valence-corrected chi connectivity index (χ2v) is 3.80. The Balaban J connectivity index is 2.46. The smallest absolute Gasteiger partial charge is 0.339 e. The molecule has 0 radical (unpaired) electrons. The number of hydrogen-bond acceptors (Lipinski definition) is 3. The predicted octanol–water partition coefficient (Wildman–Crippen LogP) is 1.07. The van der Waals surface area contributed by atoms with Crippen LogP contribution in [0.1, 0.15) is 34.6 Å². The highest BCUT2D eigenvalue weighted by Gasteiger charge is 2.21. The molecule has 2 rings (SSSR count). The van der Waals surface area contributed by atoms with Crippen LogP contribution in [0.3, 0.4) is 0 Å². The number of methoxy groups -OCH3 is 1. The molecule has 1 aromatic heterocycles. The predicted molar refractivity (Wildman–Crippen MR) is 56.6 cm³/mol. The molecule has 0 fully saturated rings. The summed E-state index contributed by atoms with van der Waals surface area (Å²) >= 11 is 0. The minimum Gasteiger partial charge on any atom is -0.465 e. The number of nitrogens with zero attached hydrogens (tertiary/aromatic N) is 1. The first kappa shape index (κ1) is 10.2. The van der Waals surface area contributed by atoms with Gasteiger partial charge < -0.3 is 15.0 Å². The van der Waals surface area contributed by atoms with Crippen molar-refractivity contribution in [2.24, 2.45) is 5.73 Å². The van der Waals surface area contributed by atoms with Crippen molar-refractivity contribution >= 4 is 5.97 Å². The van der Waals surface area contributed by atoms with Crippen molar-refractivity contribution in [3.63, 3.8) is 0 Å². The van der Waals surface area contributed by atoms with Crippen LogP contribution in [0.2, 0.25) is 0 Å². The van der Waals surface area contributed by atoms with E-state index in [-0.39, 0.29) is 5.97 Å². The van der Waals surface area contributed by atoms with E-state index in [1.54, 1.807) is 0 Å². The lowest BCUT2D eigenvalue weighted by molar-refractivity contribution is 0.0599. The summed E-state index contributed by atoms with van der Waals surface area (Å²) in [4.78, 5) is 11.5. The van der Waals surface area contributed by atoms with Crippen LogP contribution in [0.4, 0.5) is 0 Å². The number of nitrogens with two attached hydrogens (primary N) is 1. The fraction of sp³-hybridized carbons (Fsp3) is 0.545. The highest BCUT2D eigenvalue weighted by molar-refractivity contribution is 5.91. The number of aromatic nitrogens is 1. The van der Waals surface area contributed by atoms with Gasteiger partial charge >= 0.3 is 5.97 Å². The van der Waals surface area contributed by atoms with Gasteiger partial charge in [0, 0.05) is 24.5 Å². The number of hydrogen-bond donors (Lipinski definition) is 1. The quantitative estimate of drug-likeness (QED) is 0.740. The number of aryl methyl sites for hydroxylation is 1. The Bertz CT molecular complexity index is 382. The zero-order chi connectivity index (χ0) is 10.8. The second kappa shape index (κ2) is 4.06. The first-order valence-electron chi connectivity index (χ1n) is 5.27. The van der Waals surface area contributed by atoms with Crippen molar-refractivity contribution in [2.75, 3.05) is 7.11 Å². The molecule has 0 unspecified atom stereocenters. The van der Waals surface area contributed by atoms with E-state index in [0.717, 1.165) is 25.1 Å². The zero-order valence-corrected chi connectivity index (χ0v) is 8.95. The number of carbonyl (C=O) groups is 1. The number of fused-ring (bicyclic) bond motifs is 1. The number of ether oxygens (including phenoxy) is 1. The van der Waals surface area contributed by atoms with Gasteiger partial charge in [-0.2, -0.15) is 0 Å². The number of carbonyl (C=O) groups excluding carboxylic acids is 1. The first-order valence-corrected chi connectivity index (χ1v) is 5.27. The number of rotatable bonds is 2. The summed E-state index contributed by atoms with van der Waals surface area (Å²) in [5, 5.41) is 0. The molecule has 0 saturated carbocycles. The summed E-state index contributed by atoms with van der Waals surface area (Å²) in [5.74, 6) is -0.280. The van der Waals surface area contributed by atoms with Gasteiger partial charge in [0.1, 0.15) is 0 Å². The molecule has 82 valence electrons. The Morgan fingerprint density at radius 1 is 1.60 bits per heavy atom. The van der Waals surface area contributed by atoms with Crippen molar-refractivity contribution in [3.8, 4) is 0 Å². The SMILES string of the molecule is COC(=O)c1cc2n(c1CN)CCCC2. The molecule has 1 aliphatic heterocycles. The molecule has 2 N–H and O–H groups in total. The van der Waals surface area contributed by atoms with Crippen molar-refractivity contribution < 1.29 is 9.53 Å². The Labute approximate surface area is 89.0 Å². The van der Waals surface area contributed by atoms with Crippen LogP contribution in [-0.4, -0.2) is 17.6 Å². The van der Waals surface area contributed by atoms with Crippen LogP contribution in [0.5, 0.6) is 0 Å². The van der Waals surface area contributed by atoms with Gasteiger partial charge in [-0.15, -0.1) is 0 Å². The van der Waals surface area contributed by atoms with Gasteiger partial charge in [-0.3, -0.25) is 0 Å². The average Bonchev–Trinajstić information content (AvgIpc) is 2.66. The van der Waals surface area contributed by atoms with Crippen LogP contribution < -0.4 is 5.73 Å². The molecule has 0 saturated heterocycles. The highest BCUT2D eigenvalue weighted by atomic mass is 16.5. The minimum absolute atomic E-state index is 0.280. The molecule has 0 atom stereocenters. The van der Waals surface area contributed by atoms with E-state index in [2.05, 4.69) is 4.57 Å². The van der Waals surface area contributed by atoms with E-state index in [1.165, 1.54) is 19.2 Å². The monoisotopic (exact) mass is 208 g/mol. The summed E-state index contributed by atoms with van der Waals surface area (Å²) in [7, 11) is 1.40. The van der Waals surface area contributed by atoms with Gasteiger partial charge in [0.05, 0.1) is 12.7 Å². The third kappa shape index (κ3) is 1.65. The molecule has 15 heavy (non-hydrogen) atoms. The Morgan fingerprint density at radius 3 is 3.07 bits per heavy atom. The molecule has 0 bridgehead atoms.